The summed E-state index contributed by atoms with van der Waals surface area (Å²) in [4.78, 5) is 20.2. The van der Waals surface area contributed by atoms with Gasteiger partial charge in [0, 0.05) is 0 Å². The van der Waals surface area contributed by atoms with Crippen molar-refractivity contribution in [3.05, 3.63) is 45.4 Å². The van der Waals surface area contributed by atoms with Crippen molar-refractivity contribution in [1.82, 2.24) is 19.9 Å². The number of aromatic nitrogens is 4. The molecule has 31 heavy (non-hydrogen) atoms. The van der Waals surface area contributed by atoms with E-state index in [9.17, 15) is 26.3 Å². The number of rotatable bonds is 1. The van der Waals surface area contributed by atoms with Gasteiger partial charge in [0.25, 0.3) is 0 Å². The Labute approximate surface area is 174 Å². The van der Waals surface area contributed by atoms with E-state index in [4.69, 9.17) is 10.7 Å². The van der Waals surface area contributed by atoms with Gasteiger partial charge in [0.15, 0.2) is 28.5 Å². The fraction of sp³-hybridized carbons (Fsp3) is 0.0526. The lowest BCUT2D eigenvalue weighted by Crippen LogP contribution is -2.28. The van der Waals surface area contributed by atoms with Crippen LogP contribution in [0.4, 0.5) is 0 Å². The molecule has 1 aliphatic rings. The first-order chi connectivity index (χ1) is 14.9. The maximum atomic E-state index is 9.35. The van der Waals surface area contributed by atoms with Gasteiger partial charge in [-0.2, -0.15) is 31.6 Å². The van der Waals surface area contributed by atoms with E-state index in [1.54, 1.807) is 36.4 Å². The van der Waals surface area contributed by atoms with E-state index < -0.39 is 5.71 Å². The lowest BCUT2D eigenvalue weighted by molar-refractivity contribution is 1.05. The summed E-state index contributed by atoms with van der Waals surface area (Å²) in [7, 11) is 0. The van der Waals surface area contributed by atoms with Crippen molar-refractivity contribution < 1.29 is 0 Å². The Bertz CT molecular complexity index is 1510. The topological polar surface area (TPSA) is 231 Å². The van der Waals surface area contributed by atoms with Crippen LogP contribution in [-0.4, -0.2) is 31.4 Å². The predicted molar refractivity (Wildman–Crippen MR) is 99.2 cm³/mol. The zero-order chi connectivity index (χ0) is 22.7. The van der Waals surface area contributed by atoms with Crippen LogP contribution in [0.1, 0.15) is 41.1 Å². The van der Waals surface area contributed by atoms with Crippen LogP contribution < -0.4 is 0 Å². The van der Waals surface area contributed by atoms with Crippen molar-refractivity contribution in [3.8, 4) is 47.8 Å². The van der Waals surface area contributed by atoms with E-state index >= 15 is 0 Å². The van der Waals surface area contributed by atoms with Crippen LogP contribution in [0.15, 0.2) is 16.3 Å². The van der Waals surface area contributed by atoms with Gasteiger partial charge in [0.05, 0.1) is 11.6 Å². The first-order valence-electron chi connectivity index (χ1n) is 8.08. The van der Waals surface area contributed by atoms with Gasteiger partial charge in [-0.25, -0.2) is 24.9 Å². The molecule has 1 N–H and O–H groups in total. The molecule has 0 aromatic carbocycles. The van der Waals surface area contributed by atoms with Gasteiger partial charge in [-0.05, 0) is 6.92 Å². The van der Waals surface area contributed by atoms with Crippen molar-refractivity contribution in [2.75, 3.05) is 0 Å². The predicted octanol–water partition coefficient (Wildman–Crippen LogP) is 0.912. The maximum Gasteiger partial charge on any atom is 0.177 e. The van der Waals surface area contributed by atoms with Crippen LogP contribution in [0.5, 0.6) is 0 Å². The smallest absolute Gasteiger partial charge is 0.177 e. The quantitative estimate of drug-likeness (QED) is 0.664. The molecule has 0 saturated heterocycles. The second-order valence-electron chi connectivity index (χ2n) is 5.72. The molecule has 0 fully saturated rings. The van der Waals surface area contributed by atoms with Crippen LogP contribution in [-0.2, 0) is 0 Å². The number of aliphatic imine (C=N–C) groups is 1. The molecule has 0 aliphatic heterocycles. The molecule has 0 radical (unpaired) electrons. The summed E-state index contributed by atoms with van der Waals surface area (Å²) in [5, 5.41) is 64.0. The van der Waals surface area contributed by atoms with Crippen molar-refractivity contribution in [1.29, 1.82) is 37.0 Å². The van der Waals surface area contributed by atoms with Crippen molar-refractivity contribution in [3.63, 3.8) is 0 Å². The molecular weight excluding hydrogens is 396 g/mol. The molecule has 0 amide bonds. The Hall–Kier alpha value is -5.82. The zero-order valence-corrected chi connectivity index (χ0v) is 15.4. The normalized spacial score (nSPS) is 13.1. The van der Waals surface area contributed by atoms with Crippen LogP contribution in [0.3, 0.4) is 0 Å². The molecule has 0 saturated carbocycles. The molecule has 12 nitrogen and oxygen atoms in total. The molecule has 12 heteroatoms. The lowest BCUT2D eigenvalue weighted by Gasteiger charge is -2.19. The minimum absolute atomic E-state index is 0.0408. The Morgan fingerprint density at radius 1 is 0.677 bits per heavy atom. The van der Waals surface area contributed by atoms with Gasteiger partial charge in [-0.15, -0.1) is 0 Å². The van der Waals surface area contributed by atoms with Gasteiger partial charge in [0.1, 0.15) is 64.5 Å². The number of hydrogen-bond acceptors (Lipinski definition) is 12. The minimum atomic E-state index is -0.419. The van der Waals surface area contributed by atoms with Crippen LogP contribution >= 0.6 is 0 Å². The van der Waals surface area contributed by atoms with E-state index in [0.717, 1.165) is 0 Å². The zero-order valence-electron chi connectivity index (χ0n) is 15.4. The van der Waals surface area contributed by atoms with Crippen LogP contribution in [0, 0.1) is 73.4 Å². The minimum Gasteiger partial charge on any atom is -0.296 e. The number of nitriles is 6. The maximum absolute atomic E-state index is 9.35. The molecule has 1 aliphatic carbocycles. The molecule has 2 aromatic rings. The second-order valence-corrected chi connectivity index (χ2v) is 5.72. The molecular formula is C19H4N12. The van der Waals surface area contributed by atoms with E-state index in [2.05, 4.69) is 24.9 Å². The Morgan fingerprint density at radius 2 is 1.10 bits per heavy atom. The van der Waals surface area contributed by atoms with Crippen LogP contribution in [0.25, 0.3) is 11.4 Å². The summed E-state index contributed by atoms with van der Waals surface area (Å²) in [6.07, 6.45) is 0. The average Bonchev–Trinajstić information content (AvgIpc) is 2.81. The molecule has 0 unspecified atom stereocenters. The summed E-state index contributed by atoms with van der Waals surface area (Å²) in [5.41, 5.74) is -2.97. The summed E-state index contributed by atoms with van der Waals surface area (Å²) in [5.74, 6) is 0. The van der Waals surface area contributed by atoms with E-state index in [1.807, 2.05) is 0 Å². The monoisotopic (exact) mass is 400 g/mol. The van der Waals surface area contributed by atoms with E-state index in [0.29, 0.717) is 0 Å². The van der Waals surface area contributed by atoms with Crippen LogP contribution in [0.2, 0.25) is 0 Å². The first-order valence-corrected chi connectivity index (χ1v) is 8.08. The molecule has 0 bridgehead atoms. The Balaban J connectivity index is 2.52. The Kier molecular flexibility index (Phi) is 4.93. The fourth-order valence-electron chi connectivity index (χ4n) is 2.55. The second kappa shape index (κ2) is 7.66. The highest BCUT2D eigenvalue weighted by molar-refractivity contribution is 6.55. The van der Waals surface area contributed by atoms with Crippen molar-refractivity contribution >= 4 is 11.4 Å². The number of allylic oxidation sites excluding steroid dienone is 2. The highest BCUT2D eigenvalue weighted by atomic mass is 15.0. The number of fused-ring (bicyclic) bond motifs is 3. The SMILES string of the molecule is C/C(C#N)=C(C#N)\N=C1/C(=N)c2nc(C#N)c(C#N)nc2-c2nc(C#N)c(C#N)nc21. The van der Waals surface area contributed by atoms with E-state index in [-0.39, 0.29) is 62.5 Å². The molecule has 0 atom stereocenters. The van der Waals surface area contributed by atoms with Gasteiger partial charge in [-0.3, -0.25) is 5.41 Å². The van der Waals surface area contributed by atoms with Crippen molar-refractivity contribution in [2.45, 2.75) is 6.92 Å². The molecule has 0 spiro atoms. The third-order valence-electron chi connectivity index (χ3n) is 3.99. The standard InChI is InChI=1S/C19H4N12/c1-8(2-20)9(3-21)27-15-14(26)16-18(29-11(5-23)10(4-22)28-16)19-17(15)30-12(6-24)13(7-25)31-19/h26H,1H3/b9-8+,26-14?,27-15+. The molecule has 2 heterocycles. The number of nitrogens with one attached hydrogen (secondary N) is 1. The van der Waals surface area contributed by atoms with Crippen molar-refractivity contribution in [2.24, 2.45) is 4.99 Å². The summed E-state index contributed by atoms with van der Waals surface area (Å²) >= 11 is 0. The fourth-order valence-corrected chi connectivity index (χ4v) is 2.55. The van der Waals surface area contributed by atoms with E-state index in [1.165, 1.54) is 6.92 Å². The van der Waals surface area contributed by atoms with Gasteiger partial charge >= 0.3 is 0 Å². The average molecular weight is 400 g/mol. The summed E-state index contributed by atoms with van der Waals surface area (Å²) in [6, 6.07) is 10.4. The van der Waals surface area contributed by atoms with Gasteiger partial charge in [0.2, 0.25) is 0 Å². The number of nitrogens with zero attached hydrogens (tertiary/aromatic N) is 11. The highest BCUT2D eigenvalue weighted by Gasteiger charge is 2.34. The largest absolute Gasteiger partial charge is 0.296 e. The van der Waals surface area contributed by atoms with Gasteiger partial charge < -0.3 is 0 Å². The summed E-state index contributed by atoms with van der Waals surface area (Å²) in [6.45, 7) is 1.35. The molecule has 3 rings (SSSR count). The first kappa shape index (κ1) is 19.9. The van der Waals surface area contributed by atoms with Gasteiger partial charge in [-0.1, -0.05) is 0 Å². The lowest BCUT2D eigenvalue weighted by atomic mass is 9.95. The summed E-state index contributed by atoms with van der Waals surface area (Å²) < 4.78 is 0. The third-order valence-corrected chi connectivity index (χ3v) is 3.99. The third kappa shape index (κ3) is 3.08. The Morgan fingerprint density at radius 3 is 1.52 bits per heavy atom. The number of hydrogen-bond donors (Lipinski definition) is 1. The highest BCUT2D eigenvalue weighted by Crippen LogP contribution is 2.31. The molecule has 140 valence electrons. The molecule has 2 aromatic heterocycles.